The molecule has 3 rings (SSSR count). The molecule has 7 nitrogen and oxygen atoms in total. The van der Waals surface area contributed by atoms with Gasteiger partial charge in [0, 0.05) is 12.2 Å². The van der Waals surface area contributed by atoms with Crippen molar-refractivity contribution in [1.82, 2.24) is 0 Å². The van der Waals surface area contributed by atoms with E-state index in [9.17, 15) is 14.7 Å². The van der Waals surface area contributed by atoms with Gasteiger partial charge in [-0.05, 0) is 55.0 Å². The van der Waals surface area contributed by atoms with Gasteiger partial charge in [0.15, 0.2) is 0 Å². The number of carbonyl (C=O) groups excluding carboxylic acids is 1. The maximum absolute atomic E-state index is 12.9. The van der Waals surface area contributed by atoms with Gasteiger partial charge < -0.3 is 25.4 Å². The van der Waals surface area contributed by atoms with Gasteiger partial charge >= 0.3 is 12.0 Å². The number of aliphatic carboxylic acids is 1. The molecule has 0 radical (unpaired) electrons. The lowest BCUT2D eigenvalue weighted by Gasteiger charge is -2.40. The number of carbonyl (C=O) groups is 2. The number of nitrogens with zero attached hydrogens (tertiary/aromatic N) is 1. The summed E-state index contributed by atoms with van der Waals surface area (Å²) in [5.41, 5.74) is 4.33. The van der Waals surface area contributed by atoms with E-state index in [0.717, 1.165) is 23.4 Å². The molecule has 1 aliphatic heterocycles. The summed E-state index contributed by atoms with van der Waals surface area (Å²) in [6.45, 7) is 10.3. The van der Waals surface area contributed by atoms with E-state index in [1.165, 1.54) is 0 Å². The van der Waals surface area contributed by atoms with Crippen LogP contribution in [-0.2, 0) is 9.53 Å². The maximum Gasteiger partial charge on any atom is 0.323 e. The minimum absolute atomic E-state index is 0.0526. The number of aryl methyl sites for hydroxylation is 1. The molecule has 178 valence electrons. The topological polar surface area (TPSA) is 90.9 Å². The fourth-order valence-electron chi connectivity index (χ4n) is 4.26. The Balaban J connectivity index is 1.93. The molecule has 1 fully saturated rings. The van der Waals surface area contributed by atoms with Crippen LogP contribution in [0.5, 0.6) is 0 Å². The van der Waals surface area contributed by atoms with Crippen LogP contribution in [0.15, 0.2) is 42.5 Å². The first-order valence-corrected chi connectivity index (χ1v) is 11.6. The van der Waals surface area contributed by atoms with Crippen molar-refractivity contribution in [1.29, 1.82) is 0 Å². The molecule has 0 aromatic heterocycles. The Morgan fingerprint density at radius 3 is 2.52 bits per heavy atom. The van der Waals surface area contributed by atoms with E-state index in [1.807, 2.05) is 56.3 Å². The van der Waals surface area contributed by atoms with E-state index in [-0.39, 0.29) is 24.4 Å². The molecule has 2 atom stereocenters. The molecule has 0 saturated carbocycles. The second-order valence-electron chi connectivity index (χ2n) is 9.00. The molecule has 2 amide bonds. The number of benzene rings is 2. The first kappa shape index (κ1) is 24.6. The Labute approximate surface area is 196 Å². The SMILES string of the molecule is CC[C@H](CC(=O)O)c1ccc(N2CCOCC2C(C)C)c(NC(=O)Nc2ccc(C)cc2)c1. The van der Waals surface area contributed by atoms with Gasteiger partial charge in [0.25, 0.3) is 0 Å². The third-order valence-electron chi connectivity index (χ3n) is 6.21. The summed E-state index contributed by atoms with van der Waals surface area (Å²) in [5.74, 6) is -0.581. The van der Waals surface area contributed by atoms with Crippen LogP contribution in [0.1, 0.15) is 50.7 Å². The van der Waals surface area contributed by atoms with Crippen molar-refractivity contribution in [3.8, 4) is 0 Å². The summed E-state index contributed by atoms with van der Waals surface area (Å²) in [6.07, 6.45) is 0.754. The molecule has 33 heavy (non-hydrogen) atoms. The van der Waals surface area contributed by atoms with Gasteiger partial charge in [-0.2, -0.15) is 0 Å². The molecule has 0 aliphatic carbocycles. The van der Waals surface area contributed by atoms with Gasteiger partial charge in [-0.25, -0.2) is 4.79 Å². The monoisotopic (exact) mass is 453 g/mol. The summed E-state index contributed by atoms with van der Waals surface area (Å²) < 4.78 is 5.72. The number of hydrogen-bond donors (Lipinski definition) is 3. The zero-order valence-electron chi connectivity index (χ0n) is 19.9. The van der Waals surface area contributed by atoms with Crippen molar-refractivity contribution >= 4 is 29.1 Å². The van der Waals surface area contributed by atoms with E-state index >= 15 is 0 Å². The lowest BCUT2D eigenvalue weighted by atomic mass is 9.92. The van der Waals surface area contributed by atoms with Gasteiger partial charge in [-0.15, -0.1) is 0 Å². The van der Waals surface area contributed by atoms with E-state index in [1.54, 1.807) is 0 Å². The number of hydrogen-bond acceptors (Lipinski definition) is 4. The van der Waals surface area contributed by atoms with E-state index in [2.05, 4.69) is 29.4 Å². The predicted molar refractivity (Wildman–Crippen MR) is 132 cm³/mol. The molecule has 0 bridgehead atoms. The quantitative estimate of drug-likeness (QED) is 0.493. The van der Waals surface area contributed by atoms with E-state index in [4.69, 9.17) is 4.74 Å². The first-order valence-electron chi connectivity index (χ1n) is 11.6. The summed E-state index contributed by atoms with van der Waals surface area (Å²) >= 11 is 0. The number of amides is 2. The minimum Gasteiger partial charge on any atom is -0.481 e. The highest BCUT2D eigenvalue weighted by molar-refractivity contribution is 6.02. The van der Waals surface area contributed by atoms with Crippen molar-refractivity contribution in [3.63, 3.8) is 0 Å². The number of urea groups is 1. The third-order valence-corrected chi connectivity index (χ3v) is 6.21. The summed E-state index contributed by atoms with van der Waals surface area (Å²) in [6, 6.07) is 13.4. The fraction of sp³-hybridized carbons (Fsp3) is 0.462. The molecular weight excluding hydrogens is 418 g/mol. The van der Waals surface area contributed by atoms with Crippen LogP contribution in [0, 0.1) is 12.8 Å². The molecule has 1 saturated heterocycles. The fourth-order valence-corrected chi connectivity index (χ4v) is 4.26. The van der Waals surface area contributed by atoms with E-state index in [0.29, 0.717) is 36.9 Å². The number of nitrogens with one attached hydrogen (secondary N) is 2. The standard InChI is InChI=1S/C26H35N3O4/c1-5-19(15-25(30)31)20-8-11-23(29-12-13-33-16-24(29)17(2)3)22(14-20)28-26(32)27-21-9-6-18(4)7-10-21/h6-11,14,17,19,24H,5,12-13,15-16H2,1-4H3,(H,30,31)(H2,27,28,32)/t19-,24?/m1/s1. The lowest BCUT2D eigenvalue weighted by Crippen LogP contribution is -2.48. The second kappa shape index (κ2) is 11.2. The van der Waals surface area contributed by atoms with Gasteiger partial charge in [-0.1, -0.05) is 44.5 Å². The number of morpholine rings is 1. The average molecular weight is 454 g/mol. The largest absolute Gasteiger partial charge is 0.481 e. The lowest BCUT2D eigenvalue weighted by molar-refractivity contribution is -0.137. The Morgan fingerprint density at radius 1 is 1.15 bits per heavy atom. The Hall–Kier alpha value is -3.06. The highest BCUT2D eigenvalue weighted by Gasteiger charge is 2.28. The highest BCUT2D eigenvalue weighted by Crippen LogP contribution is 2.35. The third kappa shape index (κ3) is 6.48. The second-order valence-corrected chi connectivity index (χ2v) is 9.00. The molecule has 7 heteroatoms. The summed E-state index contributed by atoms with van der Waals surface area (Å²) in [5, 5.41) is 15.2. The van der Waals surface area contributed by atoms with Gasteiger partial charge in [0.1, 0.15) is 0 Å². The van der Waals surface area contributed by atoms with Crippen LogP contribution in [0.2, 0.25) is 0 Å². The van der Waals surface area contributed by atoms with Crippen molar-refractivity contribution in [2.45, 2.75) is 52.5 Å². The number of carboxylic acid groups (broad SMARTS) is 1. The smallest absolute Gasteiger partial charge is 0.323 e. The Morgan fingerprint density at radius 2 is 1.88 bits per heavy atom. The normalized spacial score (nSPS) is 17.0. The van der Waals surface area contributed by atoms with Crippen molar-refractivity contribution in [2.24, 2.45) is 5.92 Å². The molecule has 1 aliphatic rings. The van der Waals surface area contributed by atoms with Crippen LogP contribution in [0.4, 0.5) is 21.9 Å². The maximum atomic E-state index is 12.9. The van der Waals surface area contributed by atoms with Gasteiger partial charge in [0.2, 0.25) is 0 Å². The van der Waals surface area contributed by atoms with Gasteiger partial charge in [-0.3, -0.25) is 4.79 Å². The molecular formula is C26H35N3O4. The average Bonchev–Trinajstić information content (AvgIpc) is 2.78. The summed E-state index contributed by atoms with van der Waals surface area (Å²) in [7, 11) is 0. The molecule has 2 aromatic carbocycles. The van der Waals surface area contributed by atoms with E-state index < -0.39 is 5.97 Å². The molecule has 2 aromatic rings. The van der Waals surface area contributed by atoms with Gasteiger partial charge in [0.05, 0.1) is 37.1 Å². The zero-order chi connectivity index (χ0) is 24.0. The van der Waals surface area contributed by atoms with Crippen LogP contribution in [0.3, 0.4) is 0 Å². The van der Waals surface area contributed by atoms with Crippen LogP contribution < -0.4 is 15.5 Å². The van der Waals surface area contributed by atoms with Crippen molar-refractivity contribution in [2.75, 3.05) is 35.3 Å². The molecule has 3 N–H and O–H groups in total. The number of carboxylic acids is 1. The van der Waals surface area contributed by atoms with Crippen LogP contribution >= 0.6 is 0 Å². The first-order chi connectivity index (χ1) is 15.8. The zero-order valence-corrected chi connectivity index (χ0v) is 19.9. The van der Waals surface area contributed by atoms with Crippen LogP contribution in [-0.4, -0.2) is 42.9 Å². The Bertz CT molecular complexity index is 959. The van der Waals surface area contributed by atoms with Crippen molar-refractivity contribution < 1.29 is 19.4 Å². The molecule has 1 unspecified atom stereocenters. The minimum atomic E-state index is -0.828. The number of rotatable bonds is 8. The highest BCUT2D eigenvalue weighted by atomic mass is 16.5. The Kier molecular flexibility index (Phi) is 8.33. The summed E-state index contributed by atoms with van der Waals surface area (Å²) in [4.78, 5) is 26.5. The number of anilines is 3. The molecule has 1 heterocycles. The van der Waals surface area contributed by atoms with Crippen molar-refractivity contribution in [3.05, 3.63) is 53.6 Å². The predicted octanol–water partition coefficient (Wildman–Crippen LogP) is 5.47. The number of ether oxygens (including phenoxy) is 1. The van der Waals surface area contributed by atoms with Crippen LogP contribution in [0.25, 0.3) is 0 Å². The molecule has 0 spiro atoms.